The summed E-state index contributed by atoms with van der Waals surface area (Å²) in [5, 5.41) is 8.59. The number of rotatable bonds is 5. The number of carbonyl (C=O) groups is 2. The minimum absolute atomic E-state index is 0.170. The molecule has 1 saturated carbocycles. The van der Waals surface area contributed by atoms with E-state index >= 15 is 0 Å². The summed E-state index contributed by atoms with van der Waals surface area (Å²) in [6, 6.07) is 16.4. The molecule has 1 heterocycles. The lowest BCUT2D eigenvalue weighted by atomic mass is 9.85. The number of carboxylic acid groups (broad SMARTS) is 1. The van der Waals surface area contributed by atoms with E-state index in [4.69, 9.17) is 9.84 Å². The van der Waals surface area contributed by atoms with Gasteiger partial charge in [0.1, 0.15) is 0 Å². The molecule has 1 N–H and O–H groups in total. The lowest BCUT2D eigenvalue weighted by Crippen LogP contribution is -2.39. The van der Waals surface area contributed by atoms with Crippen LogP contribution in [0.5, 0.6) is 0 Å². The fraction of sp³-hybridized carbons (Fsp3) is 0.333. The molecule has 5 nitrogen and oxygen atoms in total. The van der Waals surface area contributed by atoms with E-state index in [-0.39, 0.29) is 11.8 Å². The Kier molecular flexibility index (Phi) is 5.37. The normalized spacial score (nSPS) is 16.4. The van der Waals surface area contributed by atoms with E-state index in [0.29, 0.717) is 6.54 Å². The summed E-state index contributed by atoms with van der Waals surface area (Å²) < 4.78 is 4.73. The number of nitrogens with zero attached hydrogens (tertiary/aromatic N) is 1. The minimum atomic E-state index is -1.13. The average molecular weight is 389 g/mol. The number of ether oxygens (including phenoxy) is 1. The zero-order valence-corrected chi connectivity index (χ0v) is 16.2. The number of hydrogen-bond acceptors (Lipinski definition) is 4. The standard InChI is InChI=1S/C24H23NO4/c26-22(27)16-29-23(28)10-13-25-15-20-9-8-19(7-6-18-4-2-1-3-5-18)14-21(20)24(17-25)11-12-24/h1-5,8-9,14H,10-13,15-17H2,(H,26,27). The molecule has 2 aromatic rings. The molecule has 2 aliphatic rings. The van der Waals surface area contributed by atoms with Crippen LogP contribution in [0.2, 0.25) is 0 Å². The topological polar surface area (TPSA) is 66.8 Å². The number of esters is 1. The first kappa shape index (κ1) is 19.2. The zero-order valence-electron chi connectivity index (χ0n) is 16.2. The van der Waals surface area contributed by atoms with Crippen molar-refractivity contribution in [1.29, 1.82) is 0 Å². The summed E-state index contributed by atoms with van der Waals surface area (Å²) in [4.78, 5) is 24.5. The van der Waals surface area contributed by atoms with Gasteiger partial charge in [-0.2, -0.15) is 0 Å². The van der Waals surface area contributed by atoms with Gasteiger partial charge in [-0.1, -0.05) is 36.1 Å². The molecule has 0 amide bonds. The van der Waals surface area contributed by atoms with Crippen molar-refractivity contribution in [2.45, 2.75) is 31.2 Å². The second kappa shape index (κ2) is 8.10. The van der Waals surface area contributed by atoms with E-state index in [0.717, 1.165) is 37.1 Å². The van der Waals surface area contributed by atoms with Crippen molar-refractivity contribution in [3.63, 3.8) is 0 Å². The molecule has 5 heteroatoms. The molecule has 1 aliphatic heterocycles. The van der Waals surface area contributed by atoms with Crippen molar-refractivity contribution in [2.24, 2.45) is 0 Å². The quantitative estimate of drug-likeness (QED) is 0.629. The van der Waals surface area contributed by atoms with Gasteiger partial charge >= 0.3 is 11.9 Å². The Labute approximate surface area is 170 Å². The van der Waals surface area contributed by atoms with Gasteiger partial charge in [0, 0.05) is 36.2 Å². The Balaban J connectivity index is 1.43. The zero-order chi connectivity index (χ0) is 20.3. The molecule has 29 heavy (non-hydrogen) atoms. The van der Waals surface area contributed by atoms with Crippen LogP contribution in [0.25, 0.3) is 0 Å². The molecule has 0 aromatic heterocycles. The molecule has 0 saturated heterocycles. The average Bonchev–Trinajstić information content (AvgIpc) is 3.50. The highest BCUT2D eigenvalue weighted by Gasteiger charge is 2.48. The van der Waals surface area contributed by atoms with E-state index in [1.54, 1.807) is 0 Å². The molecular formula is C24H23NO4. The van der Waals surface area contributed by atoms with Crippen molar-refractivity contribution in [3.05, 3.63) is 70.8 Å². The molecule has 148 valence electrons. The van der Waals surface area contributed by atoms with Gasteiger partial charge in [-0.25, -0.2) is 4.79 Å². The van der Waals surface area contributed by atoms with Gasteiger partial charge in [-0.15, -0.1) is 0 Å². The van der Waals surface area contributed by atoms with Gasteiger partial charge in [0.05, 0.1) is 6.42 Å². The predicted octanol–water partition coefficient (Wildman–Crippen LogP) is 2.95. The van der Waals surface area contributed by atoms with E-state index < -0.39 is 18.5 Å². The molecule has 4 rings (SSSR count). The summed E-state index contributed by atoms with van der Waals surface area (Å²) in [7, 11) is 0. The first-order valence-corrected chi connectivity index (χ1v) is 9.84. The number of benzene rings is 2. The summed E-state index contributed by atoms with van der Waals surface area (Å²) in [5.41, 5.74) is 4.89. The third kappa shape index (κ3) is 4.67. The van der Waals surface area contributed by atoms with Crippen LogP contribution in [0.3, 0.4) is 0 Å². The van der Waals surface area contributed by atoms with Crippen molar-refractivity contribution in [3.8, 4) is 11.8 Å². The van der Waals surface area contributed by atoms with Crippen LogP contribution in [0.15, 0.2) is 48.5 Å². The van der Waals surface area contributed by atoms with E-state index in [9.17, 15) is 9.59 Å². The Morgan fingerprint density at radius 3 is 2.55 bits per heavy atom. The maximum Gasteiger partial charge on any atom is 0.341 e. The molecule has 0 radical (unpaired) electrons. The maximum atomic E-state index is 11.7. The highest BCUT2D eigenvalue weighted by Crippen LogP contribution is 2.52. The molecule has 1 fully saturated rings. The monoisotopic (exact) mass is 389 g/mol. The molecule has 0 unspecified atom stereocenters. The largest absolute Gasteiger partial charge is 0.479 e. The number of hydrogen-bond donors (Lipinski definition) is 1. The first-order valence-electron chi connectivity index (χ1n) is 9.84. The minimum Gasteiger partial charge on any atom is -0.479 e. The molecule has 0 atom stereocenters. The number of carboxylic acids is 1. The smallest absolute Gasteiger partial charge is 0.341 e. The molecule has 1 spiro atoms. The van der Waals surface area contributed by atoms with Crippen LogP contribution in [0, 0.1) is 11.8 Å². The van der Waals surface area contributed by atoms with Gasteiger partial charge in [-0.05, 0) is 48.2 Å². The highest BCUT2D eigenvalue weighted by atomic mass is 16.5. The number of fused-ring (bicyclic) bond motifs is 2. The maximum absolute atomic E-state index is 11.7. The Hall–Kier alpha value is -3.10. The van der Waals surface area contributed by atoms with Crippen molar-refractivity contribution >= 4 is 11.9 Å². The van der Waals surface area contributed by atoms with Gasteiger partial charge in [0.15, 0.2) is 6.61 Å². The van der Waals surface area contributed by atoms with Gasteiger partial charge in [0.2, 0.25) is 0 Å². The van der Waals surface area contributed by atoms with Crippen LogP contribution >= 0.6 is 0 Å². The molecule has 1 aliphatic carbocycles. The summed E-state index contributed by atoms with van der Waals surface area (Å²) in [5.74, 6) is 4.91. The van der Waals surface area contributed by atoms with Gasteiger partial charge in [-0.3, -0.25) is 9.69 Å². The third-order valence-corrected chi connectivity index (χ3v) is 5.57. The molecular weight excluding hydrogens is 366 g/mol. The van der Waals surface area contributed by atoms with E-state index in [1.165, 1.54) is 11.1 Å². The number of carbonyl (C=O) groups excluding carboxylic acids is 1. The van der Waals surface area contributed by atoms with Gasteiger partial charge in [0.25, 0.3) is 0 Å². The van der Waals surface area contributed by atoms with Crippen LogP contribution < -0.4 is 0 Å². The lowest BCUT2D eigenvalue weighted by molar-refractivity contribution is -0.155. The summed E-state index contributed by atoms with van der Waals surface area (Å²) >= 11 is 0. The second-order valence-electron chi connectivity index (χ2n) is 7.78. The molecule has 0 bridgehead atoms. The van der Waals surface area contributed by atoms with Crippen LogP contribution in [0.1, 0.15) is 41.5 Å². The third-order valence-electron chi connectivity index (χ3n) is 5.57. The SMILES string of the molecule is O=C(O)COC(=O)CCN1Cc2ccc(C#Cc3ccccc3)cc2C2(CC2)C1. The van der Waals surface area contributed by atoms with E-state index in [2.05, 4.69) is 34.9 Å². The Morgan fingerprint density at radius 1 is 1.07 bits per heavy atom. The van der Waals surface area contributed by atoms with Crippen molar-refractivity contribution < 1.29 is 19.4 Å². The van der Waals surface area contributed by atoms with E-state index in [1.807, 2.05) is 30.3 Å². The Bertz CT molecular complexity index is 983. The van der Waals surface area contributed by atoms with Gasteiger partial charge < -0.3 is 9.84 Å². The highest BCUT2D eigenvalue weighted by molar-refractivity contribution is 5.75. The fourth-order valence-corrected chi connectivity index (χ4v) is 3.96. The Morgan fingerprint density at radius 2 is 1.83 bits per heavy atom. The first-order chi connectivity index (χ1) is 14.0. The van der Waals surface area contributed by atoms with Crippen molar-refractivity contribution in [1.82, 2.24) is 4.90 Å². The van der Waals surface area contributed by atoms with Crippen LogP contribution in [-0.2, 0) is 26.3 Å². The summed E-state index contributed by atoms with van der Waals surface area (Å²) in [6.45, 7) is 1.71. The fourth-order valence-electron chi connectivity index (χ4n) is 3.96. The van der Waals surface area contributed by atoms with Crippen LogP contribution in [-0.4, -0.2) is 41.6 Å². The predicted molar refractivity (Wildman–Crippen MR) is 108 cm³/mol. The van der Waals surface area contributed by atoms with Crippen molar-refractivity contribution in [2.75, 3.05) is 19.7 Å². The lowest BCUT2D eigenvalue weighted by Gasteiger charge is -2.35. The number of aliphatic carboxylic acids is 1. The summed E-state index contributed by atoms with van der Waals surface area (Å²) in [6.07, 6.45) is 2.50. The second-order valence-corrected chi connectivity index (χ2v) is 7.78. The molecule has 2 aromatic carbocycles. The van der Waals surface area contributed by atoms with Crippen LogP contribution in [0.4, 0.5) is 0 Å².